The number of hydrogen-bond donors (Lipinski definition) is 0. The maximum Gasteiger partial charge on any atom is 0.330 e. The van der Waals surface area contributed by atoms with E-state index in [9.17, 15) is 9.59 Å². The summed E-state index contributed by atoms with van der Waals surface area (Å²) in [5.74, 6) is -0.301. The van der Waals surface area contributed by atoms with Gasteiger partial charge in [0.15, 0.2) is 0 Å². The summed E-state index contributed by atoms with van der Waals surface area (Å²) in [6.07, 6.45) is 12.4. The van der Waals surface area contributed by atoms with Gasteiger partial charge in [-0.3, -0.25) is 0 Å². The lowest BCUT2D eigenvalue weighted by atomic mass is 10.1. The topological polar surface area (TPSA) is 43.4 Å². The summed E-state index contributed by atoms with van der Waals surface area (Å²) in [6.45, 7) is 2.53. The fraction of sp³-hybridized carbons (Fsp3) is 0.714. The van der Waals surface area contributed by atoms with Gasteiger partial charge >= 0.3 is 5.97 Å². The summed E-state index contributed by atoms with van der Waals surface area (Å²) in [6, 6.07) is 0. The number of aldehydes is 1. The van der Waals surface area contributed by atoms with Crippen molar-refractivity contribution in [1.82, 2.24) is 0 Å². The Bertz CT molecular complexity index is 222. The van der Waals surface area contributed by atoms with Crippen LogP contribution in [0.2, 0.25) is 0 Å². The van der Waals surface area contributed by atoms with E-state index >= 15 is 0 Å². The number of esters is 1. The van der Waals surface area contributed by atoms with Crippen LogP contribution in [-0.4, -0.2) is 18.9 Å². The fourth-order valence-electron chi connectivity index (χ4n) is 1.43. The van der Waals surface area contributed by atoms with Crippen molar-refractivity contribution in [2.45, 2.75) is 58.3 Å². The van der Waals surface area contributed by atoms with Crippen molar-refractivity contribution < 1.29 is 14.3 Å². The molecule has 0 N–H and O–H groups in total. The highest BCUT2D eigenvalue weighted by atomic mass is 16.5. The summed E-state index contributed by atoms with van der Waals surface area (Å²) < 4.78 is 4.90. The monoisotopic (exact) mass is 240 g/mol. The summed E-state index contributed by atoms with van der Waals surface area (Å²) in [4.78, 5) is 21.2. The van der Waals surface area contributed by atoms with Crippen LogP contribution in [0.25, 0.3) is 0 Å². The molecule has 0 aromatic heterocycles. The third-order valence-electron chi connectivity index (χ3n) is 2.44. The van der Waals surface area contributed by atoms with Crippen molar-refractivity contribution in [2.75, 3.05) is 6.61 Å². The highest BCUT2D eigenvalue weighted by molar-refractivity contribution is 5.81. The molecule has 0 fully saturated rings. The number of unbranched alkanes of at least 4 members (excludes halogenated alkanes) is 6. The molecule has 0 rings (SSSR count). The van der Waals surface area contributed by atoms with Gasteiger partial charge in [-0.25, -0.2) is 4.79 Å². The normalized spacial score (nSPS) is 10.6. The molecule has 3 heteroatoms. The molecule has 0 saturated heterocycles. The van der Waals surface area contributed by atoms with E-state index in [1.807, 2.05) is 6.08 Å². The van der Waals surface area contributed by atoms with Crippen molar-refractivity contribution >= 4 is 12.3 Å². The summed E-state index contributed by atoms with van der Waals surface area (Å²) >= 11 is 0. The standard InChI is InChI=1S/C14H24O3/c1-2-3-4-5-6-7-8-11-14(16)17-13-10-9-12-15/h8,11-12H,2-7,9-10,13H2,1H3/b11-8+. The zero-order valence-electron chi connectivity index (χ0n) is 10.8. The van der Waals surface area contributed by atoms with Crippen LogP contribution in [0.4, 0.5) is 0 Å². The molecule has 0 radical (unpaired) electrons. The third kappa shape index (κ3) is 12.8. The Hall–Kier alpha value is -1.12. The van der Waals surface area contributed by atoms with Gasteiger partial charge in [0.05, 0.1) is 6.61 Å². The third-order valence-corrected chi connectivity index (χ3v) is 2.44. The van der Waals surface area contributed by atoms with E-state index in [4.69, 9.17) is 4.74 Å². The SMILES string of the molecule is CCCCCCC/C=C/C(=O)OCCCC=O. The molecule has 98 valence electrons. The van der Waals surface area contributed by atoms with Crippen LogP contribution in [0.3, 0.4) is 0 Å². The Kier molecular flexibility index (Phi) is 12.1. The highest BCUT2D eigenvalue weighted by Gasteiger charge is 1.95. The quantitative estimate of drug-likeness (QED) is 0.240. The second kappa shape index (κ2) is 12.9. The molecule has 0 saturated carbocycles. The van der Waals surface area contributed by atoms with Crippen molar-refractivity contribution in [1.29, 1.82) is 0 Å². The van der Waals surface area contributed by atoms with Crippen LogP contribution >= 0.6 is 0 Å². The van der Waals surface area contributed by atoms with Crippen LogP contribution in [0.1, 0.15) is 58.3 Å². The highest BCUT2D eigenvalue weighted by Crippen LogP contribution is 2.05. The first-order valence-electron chi connectivity index (χ1n) is 6.58. The number of hydrogen-bond acceptors (Lipinski definition) is 3. The molecule has 17 heavy (non-hydrogen) atoms. The maximum absolute atomic E-state index is 11.1. The van der Waals surface area contributed by atoms with E-state index < -0.39 is 0 Å². The van der Waals surface area contributed by atoms with Gasteiger partial charge in [-0.05, 0) is 19.3 Å². The second-order valence-electron chi connectivity index (χ2n) is 4.08. The summed E-state index contributed by atoms with van der Waals surface area (Å²) in [5, 5.41) is 0. The van der Waals surface area contributed by atoms with E-state index in [0.29, 0.717) is 19.4 Å². The number of allylic oxidation sites excluding steroid dienone is 1. The largest absolute Gasteiger partial charge is 0.463 e. The lowest BCUT2D eigenvalue weighted by molar-refractivity contribution is -0.138. The van der Waals surface area contributed by atoms with Crippen molar-refractivity contribution in [3.63, 3.8) is 0 Å². The molecule has 0 atom stereocenters. The van der Waals surface area contributed by atoms with Gasteiger partial charge in [-0.15, -0.1) is 0 Å². The smallest absolute Gasteiger partial charge is 0.330 e. The van der Waals surface area contributed by atoms with E-state index in [1.165, 1.54) is 31.8 Å². The van der Waals surface area contributed by atoms with Crippen LogP contribution in [0, 0.1) is 0 Å². The van der Waals surface area contributed by atoms with Crippen molar-refractivity contribution in [3.05, 3.63) is 12.2 Å². The van der Waals surface area contributed by atoms with E-state index in [-0.39, 0.29) is 5.97 Å². The minimum Gasteiger partial charge on any atom is -0.463 e. The molecule has 0 aromatic rings. The molecule has 0 bridgehead atoms. The molecular weight excluding hydrogens is 216 g/mol. The zero-order valence-corrected chi connectivity index (χ0v) is 10.8. The first-order chi connectivity index (χ1) is 8.31. The van der Waals surface area contributed by atoms with Gasteiger partial charge in [0.25, 0.3) is 0 Å². The molecule has 0 aromatic carbocycles. The predicted octanol–water partition coefficient (Wildman–Crippen LogP) is 3.43. The molecule has 0 aliphatic rings. The van der Waals surface area contributed by atoms with Gasteiger partial charge in [-0.1, -0.05) is 38.7 Å². The molecule has 0 aliphatic heterocycles. The van der Waals surface area contributed by atoms with Gasteiger partial charge < -0.3 is 9.53 Å². The van der Waals surface area contributed by atoms with Crippen LogP contribution in [-0.2, 0) is 14.3 Å². The van der Waals surface area contributed by atoms with Crippen LogP contribution in [0.15, 0.2) is 12.2 Å². The van der Waals surface area contributed by atoms with Gasteiger partial charge in [-0.2, -0.15) is 0 Å². The van der Waals surface area contributed by atoms with Crippen LogP contribution in [0.5, 0.6) is 0 Å². The molecular formula is C14H24O3. The van der Waals surface area contributed by atoms with E-state index in [2.05, 4.69) is 6.92 Å². The number of rotatable bonds is 11. The number of carbonyl (C=O) groups is 2. The molecule has 0 amide bonds. The lowest BCUT2D eigenvalue weighted by Gasteiger charge is -1.99. The second-order valence-corrected chi connectivity index (χ2v) is 4.08. The zero-order chi connectivity index (χ0) is 12.8. The van der Waals surface area contributed by atoms with Gasteiger partial charge in [0.1, 0.15) is 6.29 Å². The first-order valence-corrected chi connectivity index (χ1v) is 6.58. The van der Waals surface area contributed by atoms with Gasteiger partial charge in [0, 0.05) is 12.5 Å². The fourth-order valence-corrected chi connectivity index (χ4v) is 1.43. The molecule has 0 unspecified atom stereocenters. The van der Waals surface area contributed by atoms with E-state index in [1.54, 1.807) is 0 Å². The Morgan fingerprint density at radius 3 is 2.53 bits per heavy atom. The lowest BCUT2D eigenvalue weighted by Crippen LogP contribution is -2.02. The van der Waals surface area contributed by atoms with Crippen molar-refractivity contribution in [3.8, 4) is 0 Å². The number of ether oxygens (including phenoxy) is 1. The predicted molar refractivity (Wildman–Crippen MR) is 68.8 cm³/mol. The summed E-state index contributed by atoms with van der Waals surface area (Å²) in [5.41, 5.74) is 0. The van der Waals surface area contributed by atoms with E-state index in [0.717, 1.165) is 19.1 Å². The Morgan fingerprint density at radius 2 is 1.82 bits per heavy atom. The molecule has 3 nitrogen and oxygen atoms in total. The van der Waals surface area contributed by atoms with Crippen LogP contribution < -0.4 is 0 Å². The van der Waals surface area contributed by atoms with Gasteiger partial charge in [0.2, 0.25) is 0 Å². The molecule has 0 heterocycles. The number of carbonyl (C=O) groups excluding carboxylic acids is 2. The van der Waals surface area contributed by atoms with Crippen molar-refractivity contribution in [2.24, 2.45) is 0 Å². The maximum atomic E-state index is 11.1. The Labute approximate surface area is 104 Å². The minimum absolute atomic E-state index is 0.301. The minimum atomic E-state index is -0.301. The average Bonchev–Trinajstić information content (AvgIpc) is 2.33. The summed E-state index contributed by atoms with van der Waals surface area (Å²) in [7, 11) is 0. The average molecular weight is 240 g/mol. The first kappa shape index (κ1) is 15.9. The Balaban J connectivity index is 3.31. The molecule has 0 aliphatic carbocycles. The molecule has 0 spiro atoms. The Morgan fingerprint density at radius 1 is 1.06 bits per heavy atom.